The summed E-state index contributed by atoms with van der Waals surface area (Å²) in [5.74, 6) is -0.658. The molecule has 0 aliphatic carbocycles. The molecule has 2 aromatic rings. The van der Waals surface area contributed by atoms with Crippen LogP contribution in [0.2, 0.25) is 0 Å². The highest BCUT2D eigenvalue weighted by atomic mass is 32.1. The molecule has 7 nitrogen and oxygen atoms in total. The van der Waals surface area contributed by atoms with Crippen molar-refractivity contribution in [2.45, 2.75) is 6.04 Å². The normalized spacial score (nSPS) is 15.7. The zero-order valence-corrected chi connectivity index (χ0v) is 16.0. The van der Waals surface area contributed by atoms with Crippen LogP contribution in [0.4, 0.5) is 5.69 Å². The lowest BCUT2D eigenvalue weighted by Gasteiger charge is -2.34. The molecule has 1 aliphatic rings. The molecule has 1 aromatic carbocycles. The predicted molar refractivity (Wildman–Crippen MR) is 104 cm³/mol. The average Bonchev–Trinajstić information content (AvgIpc) is 3.24. The largest absolute Gasteiger partial charge is 0.497 e. The van der Waals surface area contributed by atoms with E-state index in [0.29, 0.717) is 31.2 Å². The van der Waals surface area contributed by atoms with Gasteiger partial charge in [0.15, 0.2) is 0 Å². The van der Waals surface area contributed by atoms with Gasteiger partial charge in [0.1, 0.15) is 5.75 Å². The summed E-state index contributed by atoms with van der Waals surface area (Å²) in [6.45, 7) is 3.32. The van der Waals surface area contributed by atoms with Gasteiger partial charge >= 0.3 is 11.8 Å². The predicted octanol–water partition coefficient (Wildman–Crippen LogP) is 1.88. The molecule has 1 aliphatic heterocycles. The van der Waals surface area contributed by atoms with Crippen molar-refractivity contribution in [1.29, 1.82) is 0 Å². The van der Waals surface area contributed by atoms with E-state index in [-0.39, 0.29) is 6.04 Å². The van der Waals surface area contributed by atoms with Gasteiger partial charge in [-0.2, -0.15) is 0 Å². The maximum Gasteiger partial charge on any atom is 0.313 e. The Morgan fingerprint density at radius 2 is 1.93 bits per heavy atom. The van der Waals surface area contributed by atoms with E-state index < -0.39 is 11.8 Å². The number of hydrogen-bond acceptors (Lipinski definition) is 6. The number of anilines is 1. The number of methoxy groups -OCH3 is 1. The van der Waals surface area contributed by atoms with Gasteiger partial charge in [-0.25, -0.2) is 0 Å². The SMILES string of the molecule is COc1ccc(NC(=O)C(=O)NC[C@H](c2cccs2)N2CCOCC2)cc1. The van der Waals surface area contributed by atoms with Crippen molar-refractivity contribution in [2.24, 2.45) is 0 Å². The van der Waals surface area contributed by atoms with Crippen molar-refractivity contribution < 1.29 is 19.1 Å². The van der Waals surface area contributed by atoms with Crippen LogP contribution in [0.15, 0.2) is 41.8 Å². The summed E-state index contributed by atoms with van der Waals surface area (Å²) in [5, 5.41) is 7.37. The lowest BCUT2D eigenvalue weighted by molar-refractivity contribution is -0.136. The number of carbonyl (C=O) groups is 2. The van der Waals surface area contributed by atoms with E-state index in [1.807, 2.05) is 17.5 Å². The Hall–Kier alpha value is -2.42. The highest BCUT2D eigenvalue weighted by Crippen LogP contribution is 2.25. The van der Waals surface area contributed by atoms with Gasteiger partial charge in [-0.1, -0.05) is 6.07 Å². The quantitative estimate of drug-likeness (QED) is 0.738. The topological polar surface area (TPSA) is 79.9 Å². The number of ether oxygens (including phenoxy) is 2. The van der Waals surface area contributed by atoms with E-state index >= 15 is 0 Å². The minimum absolute atomic E-state index is 0.0339. The highest BCUT2D eigenvalue weighted by molar-refractivity contribution is 7.10. The van der Waals surface area contributed by atoms with E-state index in [0.717, 1.165) is 18.0 Å². The van der Waals surface area contributed by atoms with Crippen LogP contribution in [0.3, 0.4) is 0 Å². The molecule has 27 heavy (non-hydrogen) atoms. The first-order chi connectivity index (χ1) is 13.2. The van der Waals surface area contributed by atoms with E-state index in [2.05, 4.69) is 15.5 Å². The second-order valence-corrected chi connectivity index (χ2v) is 7.05. The van der Waals surface area contributed by atoms with Crippen molar-refractivity contribution in [2.75, 3.05) is 45.3 Å². The second kappa shape index (κ2) is 9.50. The summed E-state index contributed by atoms with van der Waals surface area (Å²) in [4.78, 5) is 27.8. The van der Waals surface area contributed by atoms with E-state index in [4.69, 9.17) is 9.47 Å². The summed E-state index contributed by atoms with van der Waals surface area (Å²) < 4.78 is 10.5. The van der Waals surface area contributed by atoms with Gasteiger partial charge in [-0.15, -0.1) is 11.3 Å². The number of hydrogen-bond donors (Lipinski definition) is 2. The van der Waals surface area contributed by atoms with Gasteiger partial charge in [0, 0.05) is 30.2 Å². The molecule has 2 N–H and O–H groups in total. The number of thiophene rings is 1. The first-order valence-corrected chi connectivity index (χ1v) is 9.64. The average molecular weight is 389 g/mol. The zero-order valence-electron chi connectivity index (χ0n) is 15.1. The van der Waals surface area contributed by atoms with Crippen molar-refractivity contribution in [3.05, 3.63) is 46.7 Å². The van der Waals surface area contributed by atoms with E-state index in [1.54, 1.807) is 42.7 Å². The van der Waals surface area contributed by atoms with Crippen molar-refractivity contribution >= 4 is 28.8 Å². The van der Waals surface area contributed by atoms with Crippen LogP contribution in [0, 0.1) is 0 Å². The molecule has 1 aromatic heterocycles. The number of rotatable bonds is 6. The Bertz CT molecular complexity index is 743. The molecule has 0 spiro atoms. The molecular weight excluding hydrogens is 366 g/mol. The molecule has 0 unspecified atom stereocenters. The van der Waals surface area contributed by atoms with Crippen LogP contribution in [0.25, 0.3) is 0 Å². The van der Waals surface area contributed by atoms with E-state index in [1.165, 1.54) is 0 Å². The zero-order chi connectivity index (χ0) is 19.1. The molecule has 1 atom stereocenters. The van der Waals surface area contributed by atoms with Gasteiger partial charge in [-0.3, -0.25) is 14.5 Å². The number of carbonyl (C=O) groups excluding carboxylic acids is 2. The second-order valence-electron chi connectivity index (χ2n) is 6.07. The Morgan fingerprint density at radius 3 is 2.56 bits per heavy atom. The molecule has 8 heteroatoms. The lowest BCUT2D eigenvalue weighted by Crippen LogP contribution is -2.45. The van der Waals surface area contributed by atoms with E-state index in [9.17, 15) is 9.59 Å². The molecule has 144 valence electrons. The van der Waals surface area contributed by atoms with Crippen molar-refractivity contribution in [3.8, 4) is 5.75 Å². The Balaban J connectivity index is 1.57. The summed E-state index contributed by atoms with van der Waals surface area (Å²) in [5.41, 5.74) is 0.541. The smallest absolute Gasteiger partial charge is 0.313 e. The Morgan fingerprint density at radius 1 is 1.19 bits per heavy atom. The van der Waals surface area contributed by atoms with Crippen LogP contribution >= 0.6 is 11.3 Å². The lowest BCUT2D eigenvalue weighted by atomic mass is 10.2. The van der Waals surface area contributed by atoms with Crippen LogP contribution in [-0.4, -0.2) is 56.7 Å². The molecule has 1 saturated heterocycles. The summed E-state index contributed by atoms with van der Waals surface area (Å²) in [6, 6.07) is 10.9. The molecule has 2 amide bonds. The van der Waals surface area contributed by atoms with Gasteiger partial charge in [-0.05, 0) is 35.7 Å². The van der Waals surface area contributed by atoms with Crippen LogP contribution < -0.4 is 15.4 Å². The Kier molecular flexibility index (Phi) is 6.80. The van der Waals surface area contributed by atoms with Gasteiger partial charge in [0.2, 0.25) is 0 Å². The molecular formula is C19H23N3O4S. The number of morpholine rings is 1. The van der Waals surface area contributed by atoms with Crippen LogP contribution in [0.1, 0.15) is 10.9 Å². The highest BCUT2D eigenvalue weighted by Gasteiger charge is 2.25. The monoisotopic (exact) mass is 389 g/mol. The summed E-state index contributed by atoms with van der Waals surface area (Å²) >= 11 is 1.64. The maximum absolute atomic E-state index is 12.2. The fraction of sp³-hybridized carbons (Fsp3) is 0.368. The molecule has 0 radical (unpaired) electrons. The first-order valence-electron chi connectivity index (χ1n) is 8.76. The van der Waals surface area contributed by atoms with Crippen LogP contribution in [-0.2, 0) is 14.3 Å². The summed E-state index contributed by atoms with van der Waals surface area (Å²) in [6.07, 6.45) is 0. The number of nitrogens with one attached hydrogen (secondary N) is 2. The first kappa shape index (κ1) is 19.3. The third-order valence-corrected chi connectivity index (χ3v) is 5.34. The standard InChI is InChI=1S/C19H23N3O4S/c1-25-15-6-4-14(5-7-15)21-19(24)18(23)20-13-16(17-3-2-12-27-17)22-8-10-26-11-9-22/h2-7,12,16H,8-11,13H2,1H3,(H,20,23)(H,21,24)/t16-/m1/s1. The van der Waals surface area contributed by atoms with Crippen molar-refractivity contribution in [1.82, 2.24) is 10.2 Å². The number of nitrogens with zero attached hydrogens (tertiary/aromatic N) is 1. The third kappa shape index (κ3) is 5.29. The fourth-order valence-corrected chi connectivity index (χ4v) is 3.77. The summed E-state index contributed by atoms with van der Waals surface area (Å²) in [7, 11) is 1.57. The van der Waals surface area contributed by atoms with Crippen LogP contribution in [0.5, 0.6) is 5.75 Å². The minimum atomic E-state index is -0.688. The van der Waals surface area contributed by atoms with Gasteiger partial charge < -0.3 is 20.1 Å². The molecule has 0 bridgehead atoms. The molecule has 0 saturated carbocycles. The number of benzene rings is 1. The molecule has 2 heterocycles. The minimum Gasteiger partial charge on any atom is -0.497 e. The molecule has 1 fully saturated rings. The molecule has 3 rings (SSSR count). The third-order valence-electron chi connectivity index (χ3n) is 4.37. The van der Waals surface area contributed by atoms with Gasteiger partial charge in [0.25, 0.3) is 0 Å². The Labute approximate surface area is 162 Å². The fourth-order valence-electron chi connectivity index (χ4n) is 2.91. The maximum atomic E-state index is 12.2. The van der Waals surface area contributed by atoms with Crippen molar-refractivity contribution in [3.63, 3.8) is 0 Å². The number of amides is 2. The van der Waals surface area contributed by atoms with Gasteiger partial charge in [0.05, 0.1) is 26.4 Å².